The molecule has 27 heavy (non-hydrogen) atoms. The van der Waals surface area contributed by atoms with Gasteiger partial charge in [0.1, 0.15) is 0 Å². The van der Waals surface area contributed by atoms with Crippen LogP contribution in [0.2, 0.25) is 0 Å². The van der Waals surface area contributed by atoms with Crippen LogP contribution >= 0.6 is 0 Å². The molecule has 1 fully saturated rings. The monoisotopic (exact) mass is 363 g/mol. The molecule has 0 N–H and O–H groups in total. The van der Waals surface area contributed by atoms with Crippen molar-refractivity contribution in [2.24, 2.45) is 0 Å². The van der Waals surface area contributed by atoms with E-state index in [4.69, 9.17) is 4.52 Å². The minimum Gasteiger partial charge on any atom is -0.341 e. The first kappa shape index (κ1) is 17.3. The quantitative estimate of drug-likeness (QED) is 0.693. The van der Waals surface area contributed by atoms with E-state index in [9.17, 15) is 4.79 Å². The molecule has 4 rings (SSSR count). The Morgan fingerprint density at radius 2 is 1.96 bits per heavy atom. The Balaban J connectivity index is 1.64. The summed E-state index contributed by atoms with van der Waals surface area (Å²) in [4.78, 5) is 27.2. The van der Waals surface area contributed by atoms with Crippen molar-refractivity contribution in [3.8, 4) is 11.4 Å². The summed E-state index contributed by atoms with van der Waals surface area (Å²) < 4.78 is 5.60. The molecule has 4 heterocycles. The van der Waals surface area contributed by atoms with Crippen LogP contribution in [0.4, 0.5) is 0 Å². The third-order valence-electron chi connectivity index (χ3n) is 4.95. The van der Waals surface area contributed by atoms with Gasteiger partial charge in [-0.3, -0.25) is 14.8 Å². The molecular formula is C20H21N5O2. The Labute approximate surface area is 157 Å². The molecule has 1 aliphatic rings. The Kier molecular flexibility index (Phi) is 4.91. The number of carbonyl (C=O) groups excluding carboxylic acids is 1. The van der Waals surface area contributed by atoms with E-state index >= 15 is 0 Å². The number of hydrogen-bond donors (Lipinski definition) is 0. The highest BCUT2D eigenvalue weighted by molar-refractivity contribution is 5.76. The van der Waals surface area contributed by atoms with Gasteiger partial charge in [0, 0.05) is 55.8 Å². The fraction of sp³-hybridized carbons (Fsp3) is 0.350. The van der Waals surface area contributed by atoms with Crippen LogP contribution < -0.4 is 0 Å². The van der Waals surface area contributed by atoms with Crippen LogP contribution in [0.25, 0.3) is 11.4 Å². The van der Waals surface area contributed by atoms with E-state index in [1.807, 2.05) is 42.3 Å². The lowest BCUT2D eigenvalue weighted by atomic mass is 9.90. The molecule has 2 unspecified atom stereocenters. The number of pyridine rings is 2. The minimum absolute atomic E-state index is 0.0434. The van der Waals surface area contributed by atoms with Crippen LogP contribution in [-0.4, -0.2) is 44.0 Å². The normalized spacial score (nSPS) is 19.4. The average molecular weight is 363 g/mol. The Hall–Kier alpha value is -3.09. The van der Waals surface area contributed by atoms with Gasteiger partial charge < -0.3 is 9.42 Å². The molecule has 0 spiro atoms. The highest BCUT2D eigenvalue weighted by atomic mass is 16.5. The second kappa shape index (κ2) is 7.65. The van der Waals surface area contributed by atoms with Crippen molar-refractivity contribution in [1.82, 2.24) is 25.0 Å². The zero-order chi connectivity index (χ0) is 18.6. The van der Waals surface area contributed by atoms with Gasteiger partial charge in [0.2, 0.25) is 17.6 Å². The molecule has 1 aliphatic heterocycles. The summed E-state index contributed by atoms with van der Waals surface area (Å²) in [6.07, 6.45) is 8.39. The van der Waals surface area contributed by atoms with E-state index in [0.717, 1.165) is 17.5 Å². The summed E-state index contributed by atoms with van der Waals surface area (Å²) in [6.45, 7) is 3.24. The Morgan fingerprint density at radius 3 is 2.70 bits per heavy atom. The lowest BCUT2D eigenvalue weighted by Crippen LogP contribution is -2.28. The molecule has 1 saturated heterocycles. The van der Waals surface area contributed by atoms with Crippen molar-refractivity contribution in [3.05, 3.63) is 60.5 Å². The molecule has 3 aromatic heterocycles. The lowest BCUT2D eigenvalue weighted by molar-refractivity contribution is -0.130. The number of hydrogen-bond acceptors (Lipinski definition) is 6. The van der Waals surface area contributed by atoms with Gasteiger partial charge in [-0.1, -0.05) is 18.1 Å². The van der Waals surface area contributed by atoms with E-state index in [-0.39, 0.29) is 17.7 Å². The third-order valence-corrected chi connectivity index (χ3v) is 4.95. The first-order valence-corrected chi connectivity index (χ1v) is 9.18. The van der Waals surface area contributed by atoms with E-state index in [1.54, 1.807) is 18.6 Å². The molecule has 1 amide bonds. The molecule has 7 heteroatoms. The van der Waals surface area contributed by atoms with Crippen molar-refractivity contribution in [3.63, 3.8) is 0 Å². The molecule has 0 radical (unpaired) electrons. The zero-order valence-corrected chi connectivity index (χ0v) is 15.2. The fourth-order valence-corrected chi connectivity index (χ4v) is 3.57. The molecule has 3 aromatic rings. The van der Waals surface area contributed by atoms with Gasteiger partial charge in [0.05, 0.1) is 5.92 Å². The van der Waals surface area contributed by atoms with E-state index in [2.05, 4.69) is 20.1 Å². The molecular weight excluding hydrogens is 342 g/mol. The van der Waals surface area contributed by atoms with Crippen LogP contribution in [0.1, 0.15) is 43.1 Å². The van der Waals surface area contributed by atoms with E-state index in [1.165, 1.54) is 0 Å². The highest BCUT2D eigenvalue weighted by Gasteiger charge is 2.40. The van der Waals surface area contributed by atoms with E-state index < -0.39 is 0 Å². The van der Waals surface area contributed by atoms with Crippen molar-refractivity contribution in [2.45, 2.75) is 31.6 Å². The maximum atomic E-state index is 12.5. The van der Waals surface area contributed by atoms with Gasteiger partial charge in [0.25, 0.3) is 0 Å². The number of amides is 1. The van der Waals surface area contributed by atoms with Crippen molar-refractivity contribution < 1.29 is 9.32 Å². The Morgan fingerprint density at radius 1 is 1.15 bits per heavy atom. The number of aromatic nitrogens is 4. The summed E-state index contributed by atoms with van der Waals surface area (Å²) >= 11 is 0. The molecule has 0 aliphatic carbocycles. The maximum Gasteiger partial charge on any atom is 0.232 e. The molecule has 0 aromatic carbocycles. The summed E-state index contributed by atoms with van der Waals surface area (Å²) in [7, 11) is 0. The van der Waals surface area contributed by atoms with Crippen LogP contribution in [0.15, 0.2) is 53.6 Å². The summed E-state index contributed by atoms with van der Waals surface area (Å²) in [5, 5.41) is 4.13. The molecule has 138 valence electrons. The summed E-state index contributed by atoms with van der Waals surface area (Å²) in [6, 6.07) is 7.65. The SMILES string of the molecule is CCCC(=O)N1CC(c2cccnc2)C(c2nc(-c3ccncc3)no2)C1. The minimum atomic E-state index is -0.0434. The van der Waals surface area contributed by atoms with Gasteiger partial charge in [-0.15, -0.1) is 0 Å². The van der Waals surface area contributed by atoms with Gasteiger partial charge >= 0.3 is 0 Å². The average Bonchev–Trinajstić information content (AvgIpc) is 3.37. The third kappa shape index (κ3) is 3.58. The van der Waals surface area contributed by atoms with E-state index in [0.29, 0.717) is 31.2 Å². The maximum absolute atomic E-state index is 12.5. The summed E-state index contributed by atoms with van der Waals surface area (Å²) in [5.41, 5.74) is 1.94. The zero-order valence-electron chi connectivity index (χ0n) is 15.2. The van der Waals surface area contributed by atoms with Gasteiger partial charge in [-0.25, -0.2) is 0 Å². The van der Waals surface area contributed by atoms with Gasteiger partial charge in [-0.2, -0.15) is 4.98 Å². The molecule has 7 nitrogen and oxygen atoms in total. The number of rotatable bonds is 5. The van der Waals surface area contributed by atoms with Crippen LogP contribution in [-0.2, 0) is 4.79 Å². The van der Waals surface area contributed by atoms with Gasteiger partial charge in [-0.05, 0) is 30.2 Å². The summed E-state index contributed by atoms with van der Waals surface area (Å²) in [5.74, 6) is 1.31. The van der Waals surface area contributed by atoms with Crippen LogP contribution in [0, 0.1) is 0 Å². The number of likely N-dealkylation sites (tertiary alicyclic amines) is 1. The fourth-order valence-electron chi connectivity index (χ4n) is 3.57. The first-order valence-electron chi connectivity index (χ1n) is 9.18. The van der Waals surface area contributed by atoms with Crippen molar-refractivity contribution >= 4 is 5.91 Å². The first-order chi connectivity index (χ1) is 13.3. The van der Waals surface area contributed by atoms with Crippen LogP contribution in [0.5, 0.6) is 0 Å². The topological polar surface area (TPSA) is 85.0 Å². The standard InChI is InChI=1S/C20H21N5O2/c1-2-4-18(26)25-12-16(15-5-3-8-22-11-15)17(13-25)20-23-19(24-27-20)14-6-9-21-10-7-14/h3,5-11,16-17H,2,4,12-13H2,1H3. The smallest absolute Gasteiger partial charge is 0.232 e. The predicted octanol–water partition coefficient (Wildman–Crippen LogP) is 3.04. The predicted molar refractivity (Wildman–Crippen MR) is 98.7 cm³/mol. The van der Waals surface area contributed by atoms with Crippen LogP contribution in [0.3, 0.4) is 0 Å². The second-order valence-corrected chi connectivity index (χ2v) is 6.74. The molecule has 2 atom stereocenters. The van der Waals surface area contributed by atoms with Crippen molar-refractivity contribution in [2.75, 3.05) is 13.1 Å². The van der Waals surface area contributed by atoms with Gasteiger partial charge in [0.15, 0.2) is 0 Å². The highest BCUT2D eigenvalue weighted by Crippen LogP contribution is 2.39. The molecule has 0 bridgehead atoms. The Bertz CT molecular complexity index is 897. The van der Waals surface area contributed by atoms with Crippen molar-refractivity contribution in [1.29, 1.82) is 0 Å². The number of carbonyl (C=O) groups is 1. The second-order valence-electron chi connectivity index (χ2n) is 6.74. The molecule has 0 saturated carbocycles. The lowest BCUT2D eigenvalue weighted by Gasteiger charge is -2.15. The number of nitrogens with zero attached hydrogens (tertiary/aromatic N) is 5. The largest absolute Gasteiger partial charge is 0.341 e.